The summed E-state index contributed by atoms with van der Waals surface area (Å²) < 4.78 is 22.7. The molecule has 0 spiro atoms. The third kappa shape index (κ3) is 2.94. The van der Waals surface area contributed by atoms with Crippen molar-refractivity contribution in [1.29, 1.82) is 0 Å². The van der Waals surface area contributed by atoms with Gasteiger partial charge in [0.25, 0.3) is 5.56 Å². The Morgan fingerprint density at radius 2 is 1.93 bits per heavy atom. The average molecular weight is 392 g/mol. The Labute approximate surface area is 160 Å². The van der Waals surface area contributed by atoms with Crippen LogP contribution < -0.4 is 26.7 Å². The summed E-state index contributed by atoms with van der Waals surface area (Å²) >= 11 is 0. The van der Waals surface area contributed by atoms with Crippen LogP contribution in [0.25, 0.3) is 10.9 Å². The van der Waals surface area contributed by atoms with Crippen LogP contribution >= 0.6 is 0 Å². The highest BCUT2D eigenvalue weighted by Crippen LogP contribution is 2.43. The zero-order chi connectivity index (χ0) is 20.0. The summed E-state index contributed by atoms with van der Waals surface area (Å²) in [6.07, 6.45) is 4.01. The number of hydrogen-bond acceptors (Lipinski definition) is 6. The van der Waals surface area contributed by atoms with Gasteiger partial charge < -0.3 is 20.6 Å². The van der Waals surface area contributed by atoms with Crippen LogP contribution in [0.5, 0.6) is 5.75 Å². The smallest absolute Gasteiger partial charge is 0.350 e. The first-order chi connectivity index (χ1) is 13.5. The van der Waals surface area contributed by atoms with Gasteiger partial charge in [-0.2, -0.15) is 4.68 Å². The van der Waals surface area contributed by atoms with E-state index in [1.54, 1.807) is 0 Å². The van der Waals surface area contributed by atoms with Gasteiger partial charge >= 0.3 is 5.69 Å². The van der Waals surface area contributed by atoms with E-state index in [4.69, 9.17) is 15.7 Å². The highest BCUT2D eigenvalue weighted by molar-refractivity contribution is 5.91. The molecule has 2 heterocycles. The predicted octanol–water partition coefficient (Wildman–Crippen LogP) is 0.958. The quantitative estimate of drug-likeness (QED) is 0.735. The van der Waals surface area contributed by atoms with Crippen LogP contribution in [0.3, 0.4) is 0 Å². The van der Waals surface area contributed by atoms with Gasteiger partial charge in [0.05, 0.1) is 12.5 Å². The number of anilines is 1. The largest absolute Gasteiger partial charge is 0.492 e. The molecule has 4 rings (SSSR count). The molecule has 1 aromatic heterocycles. The number of halogens is 1. The number of aliphatic hydroxyl groups is 1. The monoisotopic (exact) mass is 392 g/mol. The van der Waals surface area contributed by atoms with E-state index in [2.05, 4.69) is 0 Å². The summed E-state index contributed by atoms with van der Waals surface area (Å²) in [6.45, 7) is 1.38. The SMILES string of the molecule is COc1c(N2CCC(CCO)CC2)c(F)cc2c(=O)n(N)c(=O)n(C3CC3)c12. The Morgan fingerprint density at radius 3 is 2.50 bits per heavy atom. The molecule has 0 atom stereocenters. The topological polar surface area (TPSA) is 103 Å². The molecule has 2 aliphatic rings. The zero-order valence-electron chi connectivity index (χ0n) is 15.9. The molecular formula is C19H25FN4O4. The number of nitrogen functional groups attached to an aromatic ring is 1. The summed E-state index contributed by atoms with van der Waals surface area (Å²) in [5.74, 6) is 5.70. The molecule has 0 amide bonds. The molecule has 8 nitrogen and oxygen atoms in total. The molecule has 0 bridgehead atoms. The fourth-order valence-corrected chi connectivity index (χ4v) is 4.22. The molecule has 152 valence electrons. The number of nitrogens with zero attached hydrogens (tertiary/aromatic N) is 3. The Hall–Kier alpha value is -2.55. The number of rotatable bonds is 5. The van der Waals surface area contributed by atoms with E-state index in [1.165, 1.54) is 11.7 Å². The van der Waals surface area contributed by atoms with E-state index in [0.29, 0.717) is 29.2 Å². The number of nitrogens with two attached hydrogens (primary N) is 1. The van der Waals surface area contributed by atoms with Crippen LogP contribution in [-0.2, 0) is 0 Å². The maximum Gasteiger partial charge on any atom is 0.350 e. The molecule has 2 aromatic rings. The van der Waals surface area contributed by atoms with Gasteiger partial charge in [0.15, 0.2) is 11.6 Å². The van der Waals surface area contributed by atoms with Gasteiger partial charge in [0.2, 0.25) is 0 Å². The number of aromatic nitrogens is 2. The minimum atomic E-state index is -0.734. The zero-order valence-corrected chi connectivity index (χ0v) is 15.9. The van der Waals surface area contributed by atoms with E-state index in [-0.39, 0.29) is 29.5 Å². The minimum absolute atomic E-state index is 0.0438. The molecule has 28 heavy (non-hydrogen) atoms. The number of methoxy groups -OCH3 is 1. The molecule has 1 saturated carbocycles. The third-order valence-corrected chi connectivity index (χ3v) is 5.87. The summed E-state index contributed by atoms with van der Waals surface area (Å²) in [4.78, 5) is 27.1. The Kier molecular flexibility index (Phi) is 4.78. The molecule has 0 radical (unpaired) electrons. The van der Waals surface area contributed by atoms with Crippen molar-refractivity contribution < 1.29 is 14.2 Å². The summed E-state index contributed by atoms with van der Waals surface area (Å²) in [6, 6.07) is 1.10. The molecule has 3 N–H and O–H groups in total. The number of hydrogen-bond donors (Lipinski definition) is 2. The molecule has 1 saturated heterocycles. The third-order valence-electron chi connectivity index (χ3n) is 5.87. The lowest BCUT2D eigenvalue weighted by Gasteiger charge is -2.34. The lowest BCUT2D eigenvalue weighted by molar-refractivity contribution is 0.240. The van der Waals surface area contributed by atoms with Crippen molar-refractivity contribution in [3.8, 4) is 5.75 Å². The van der Waals surface area contributed by atoms with Gasteiger partial charge in [0, 0.05) is 25.7 Å². The number of fused-ring (bicyclic) bond motifs is 1. The maximum absolute atomic E-state index is 15.1. The minimum Gasteiger partial charge on any atom is -0.492 e. The van der Waals surface area contributed by atoms with Crippen molar-refractivity contribution in [3.05, 3.63) is 32.7 Å². The fraction of sp³-hybridized carbons (Fsp3) is 0.579. The van der Waals surface area contributed by atoms with Gasteiger partial charge in [-0.1, -0.05) is 0 Å². The molecular weight excluding hydrogens is 367 g/mol. The lowest BCUT2D eigenvalue weighted by Crippen LogP contribution is -2.44. The van der Waals surface area contributed by atoms with Crippen LogP contribution in [-0.4, -0.2) is 41.2 Å². The predicted molar refractivity (Wildman–Crippen MR) is 104 cm³/mol. The normalized spacial score (nSPS) is 18.0. The first-order valence-electron chi connectivity index (χ1n) is 9.66. The second-order valence-electron chi connectivity index (χ2n) is 7.64. The van der Waals surface area contributed by atoms with Crippen LogP contribution in [0.1, 0.15) is 38.1 Å². The second kappa shape index (κ2) is 7.12. The number of benzene rings is 1. The van der Waals surface area contributed by atoms with Crippen molar-refractivity contribution in [2.24, 2.45) is 5.92 Å². The van der Waals surface area contributed by atoms with E-state index < -0.39 is 17.1 Å². The molecule has 1 aromatic carbocycles. The Bertz CT molecular complexity index is 1020. The summed E-state index contributed by atoms with van der Waals surface area (Å²) in [5, 5.41) is 9.18. The van der Waals surface area contributed by atoms with Crippen LogP contribution in [0, 0.1) is 11.7 Å². The van der Waals surface area contributed by atoms with Gasteiger partial charge in [-0.3, -0.25) is 9.36 Å². The van der Waals surface area contributed by atoms with Gasteiger partial charge in [0.1, 0.15) is 11.2 Å². The van der Waals surface area contributed by atoms with Crippen LogP contribution in [0.15, 0.2) is 15.7 Å². The van der Waals surface area contributed by atoms with Crippen molar-refractivity contribution in [2.45, 2.75) is 38.1 Å². The van der Waals surface area contributed by atoms with Gasteiger partial charge in [-0.15, -0.1) is 0 Å². The van der Waals surface area contributed by atoms with Crippen LogP contribution in [0.4, 0.5) is 10.1 Å². The first kappa shape index (κ1) is 18.8. The standard InChI is InChI=1S/C19H25FN4O4/c1-28-17-15-13(18(26)24(21)19(27)23(15)12-2-3-12)10-14(20)16(17)22-7-4-11(5-8-22)6-9-25/h10-12,25H,2-9,21H2,1H3. The number of piperidine rings is 1. The van der Waals surface area contributed by atoms with Gasteiger partial charge in [-0.25, -0.2) is 9.18 Å². The van der Waals surface area contributed by atoms with Crippen molar-refractivity contribution >= 4 is 16.6 Å². The van der Waals surface area contributed by atoms with Crippen molar-refractivity contribution in [1.82, 2.24) is 9.24 Å². The second-order valence-corrected chi connectivity index (χ2v) is 7.64. The van der Waals surface area contributed by atoms with Crippen molar-refractivity contribution in [2.75, 3.05) is 37.5 Å². The highest BCUT2D eigenvalue weighted by atomic mass is 19.1. The first-order valence-corrected chi connectivity index (χ1v) is 9.66. The lowest BCUT2D eigenvalue weighted by atomic mass is 9.93. The summed E-state index contributed by atoms with van der Waals surface area (Å²) in [7, 11) is 1.42. The van der Waals surface area contributed by atoms with Crippen LogP contribution in [0.2, 0.25) is 0 Å². The van der Waals surface area contributed by atoms with Crippen molar-refractivity contribution in [3.63, 3.8) is 0 Å². The molecule has 0 unspecified atom stereocenters. The fourth-order valence-electron chi connectivity index (χ4n) is 4.22. The van der Waals surface area contributed by atoms with Gasteiger partial charge in [-0.05, 0) is 44.1 Å². The maximum atomic E-state index is 15.1. The Morgan fingerprint density at radius 1 is 1.25 bits per heavy atom. The molecule has 1 aliphatic heterocycles. The Balaban J connectivity index is 1.90. The number of aliphatic hydroxyl groups excluding tert-OH is 1. The molecule has 1 aliphatic carbocycles. The number of ether oxygens (including phenoxy) is 1. The van der Waals surface area contributed by atoms with E-state index in [9.17, 15) is 9.59 Å². The average Bonchev–Trinajstić information content (AvgIpc) is 3.52. The van der Waals surface area contributed by atoms with E-state index >= 15 is 4.39 Å². The van der Waals surface area contributed by atoms with E-state index in [0.717, 1.165) is 38.2 Å². The molecule has 2 fully saturated rings. The highest BCUT2D eigenvalue weighted by Gasteiger charge is 2.33. The van der Waals surface area contributed by atoms with E-state index in [1.807, 2.05) is 4.90 Å². The summed E-state index contributed by atoms with van der Waals surface area (Å²) in [5.41, 5.74) is -0.754. The molecule has 9 heteroatoms.